The van der Waals surface area contributed by atoms with Crippen molar-refractivity contribution in [2.45, 2.75) is 25.4 Å². The number of fused-ring (bicyclic) bond motifs is 1. The maximum absolute atomic E-state index is 12.3. The van der Waals surface area contributed by atoms with Crippen LogP contribution in [0.25, 0.3) is 0 Å². The van der Waals surface area contributed by atoms with Crippen molar-refractivity contribution in [3.8, 4) is 0 Å². The highest BCUT2D eigenvalue weighted by Crippen LogP contribution is 2.34. The normalized spacial score (nSPS) is 19.0. The topological polar surface area (TPSA) is 58.2 Å². The fraction of sp³-hybridized carbons (Fsp3) is 0.222. The molecule has 0 saturated carbocycles. The number of carbonyl (C=O) groups is 2. The predicted octanol–water partition coefficient (Wildman–Crippen LogP) is 2.52. The van der Waals surface area contributed by atoms with Crippen molar-refractivity contribution in [1.82, 2.24) is 10.6 Å². The van der Waals surface area contributed by atoms with Crippen molar-refractivity contribution < 1.29 is 9.59 Å². The lowest BCUT2D eigenvalue weighted by molar-refractivity contribution is -0.127. The van der Waals surface area contributed by atoms with E-state index in [0.29, 0.717) is 5.56 Å². The Morgan fingerprint density at radius 1 is 1.05 bits per heavy atom. The molecular formula is C18H18N2O2. The van der Waals surface area contributed by atoms with Gasteiger partial charge in [0.15, 0.2) is 0 Å². The zero-order valence-electron chi connectivity index (χ0n) is 12.6. The van der Waals surface area contributed by atoms with Gasteiger partial charge in [-0.15, -0.1) is 0 Å². The van der Waals surface area contributed by atoms with Crippen molar-refractivity contribution >= 4 is 11.8 Å². The summed E-state index contributed by atoms with van der Waals surface area (Å²) in [6, 6.07) is 16.7. The van der Waals surface area contributed by atoms with Crippen LogP contribution in [0.4, 0.5) is 0 Å². The highest BCUT2D eigenvalue weighted by molar-refractivity contribution is 5.96. The molecule has 0 aromatic heterocycles. The molecule has 1 aliphatic heterocycles. The minimum Gasteiger partial charge on any atom is -0.331 e. The summed E-state index contributed by atoms with van der Waals surface area (Å²) in [6.07, 6.45) is -0.510. The van der Waals surface area contributed by atoms with Gasteiger partial charge in [0.2, 0.25) is 5.91 Å². The van der Waals surface area contributed by atoms with E-state index in [2.05, 4.69) is 10.6 Å². The van der Waals surface area contributed by atoms with E-state index in [4.69, 9.17) is 0 Å². The van der Waals surface area contributed by atoms with Crippen LogP contribution in [-0.4, -0.2) is 11.8 Å². The van der Waals surface area contributed by atoms with E-state index in [1.807, 2.05) is 56.3 Å². The third-order valence-corrected chi connectivity index (χ3v) is 4.10. The number of amides is 2. The van der Waals surface area contributed by atoms with Gasteiger partial charge in [0.1, 0.15) is 6.17 Å². The smallest absolute Gasteiger partial charge is 0.253 e. The second-order valence-electron chi connectivity index (χ2n) is 5.96. The van der Waals surface area contributed by atoms with E-state index in [-0.39, 0.29) is 11.8 Å². The summed E-state index contributed by atoms with van der Waals surface area (Å²) in [4.78, 5) is 24.7. The molecule has 0 bridgehead atoms. The summed E-state index contributed by atoms with van der Waals surface area (Å²) in [7, 11) is 0. The van der Waals surface area contributed by atoms with Gasteiger partial charge in [0, 0.05) is 5.56 Å². The lowest BCUT2D eigenvalue weighted by atomic mass is 9.77. The van der Waals surface area contributed by atoms with Crippen LogP contribution in [0.1, 0.15) is 41.5 Å². The van der Waals surface area contributed by atoms with E-state index in [0.717, 1.165) is 11.1 Å². The average molecular weight is 294 g/mol. The van der Waals surface area contributed by atoms with Crippen molar-refractivity contribution in [3.05, 3.63) is 71.3 Å². The van der Waals surface area contributed by atoms with Crippen molar-refractivity contribution in [2.24, 2.45) is 0 Å². The molecule has 2 N–H and O–H groups in total. The summed E-state index contributed by atoms with van der Waals surface area (Å²) in [6.45, 7) is 3.77. The van der Waals surface area contributed by atoms with Crippen LogP contribution in [0.3, 0.4) is 0 Å². The fourth-order valence-electron chi connectivity index (χ4n) is 2.75. The minimum atomic E-state index is -0.607. The Morgan fingerprint density at radius 2 is 1.68 bits per heavy atom. The molecule has 2 amide bonds. The van der Waals surface area contributed by atoms with Gasteiger partial charge in [-0.3, -0.25) is 9.59 Å². The number of carbonyl (C=O) groups excluding carboxylic acids is 2. The predicted molar refractivity (Wildman–Crippen MR) is 84.3 cm³/mol. The Labute approximate surface area is 129 Å². The van der Waals surface area contributed by atoms with Gasteiger partial charge >= 0.3 is 0 Å². The molecule has 1 aliphatic rings. The first-order valence-corrected chi connectivity index (χ1v) is 7.26. The molecule has 4 nitrogen and oxygen atoms in total. The summed E-state index contributed by atoms with van der Waals surface area (Å²) in [5, 5.41) is 5.78. The molecule has 2 aromatic carbocycles. The summed E-state index contributed by atoms with van der Waals surface area (Å²) >= 11 is 0. The molecule has 1 unspecified atom stereocenters. The van der Waals surface area contributed by atoms with Crippen LogP contribution >= 0.6 is 0 Å². The van der Waals surface area contributed by atoms with Crippen LogP contribution in [0.5, 0.6) is 0 Å². The molecule has 0 fully saturated rings. The Morgan fingerprint density at radius 3 is 2.41 bits per heavy atom. The van der Waals surface area contributed by atoms with Gasteiger partial charge in [-0.25, -0.2) is 0 Å². The highest BCUT2D eigenvalue weighted by atomic mass is 16.2. The van der Waals surface area contributed by atoms with Gasteiger partial charge < -0.3 is 10.6 Å². The average Bonchev–Trinajstić information content (AvgIpc) is 2.53. The second-order valence-corrected chi connectivity index (χ2v) is 5.96. The SMILES string of the molecule is CC1(C)C(=O)NC(NC(=O)c2ccccc2)c2ccccc21. The monoisotopic (exact) mass is 294 g/mol. The van der Waals surface area contributed by atoms with Crippen LogP contribution in [0, 0.1) is 0 Å². The van der Waals surface area contributed by atoms with Gasteiger partial charge in [-0.05, 0) is 37.1 Å². The molecule has 0 radical (unpaired) electrons. The Kier molecular flexibility index (Phi) is 3.45. The highest BCUT2D eigenvalue weighted by Gasteiger charge is 2.39. The molecule has 3 rings (SSSR count). The van der Waals surface area contributed by atoms with Crippen LogP contribution in [0.2, 0.25) is 0 Å². The standard InChI is InChI=1S/C18H18N2O2/c1-18(2)14-11-7-6-10-13(14)15(20-17(18)22)19-16(21)12-8-4-3-5-9-12/h3-11,15H,1-2H3,(H,19,21)(H,20,22). The lowest BCUT2D eigenvalue weighted by Gasteiger charge is -2.37. The van der Waals surface area contributed by atoms with Crippen molar-refractivity contribution in [2.75, 3.05) is 0 Å². The number of hydrogen-bond donors (Lipinski definition) is 2. The molecular weight excluding hydrogens is 276 g/mol. The number of hydrogen-bond acceptors (Lipinski definition) is 2. The van der Waals surface area contributed by atoms with E-state index >= 15 is 0 Å². The Bertz CT molecular complexity index is 723. The van der Waals surface area contributed by atoms with Gasteiger partial charge in [0.25, 0.3) is 5.91 Å². The molecule has 1 atom stereocenters. The lowest BCUT2D eigenvalue weighted by Crippen LogP contribution is -2.52. The molecule has 22 heavy (non-hydrogen) atoms. The van der Waals surface area contributed by atoms with Crippen molar-refractivity contribution in [3.63, 3.8) is 0 Å². The zero-order chi connectivity index (χ0) is 15.7. The summed E-state index contributed by atoms with van der Waals surface area (Å²) in [5.74, 6) is -0.301. The van der Waals surface area contributed by atoms with E-state index in [1.165, 1.54) is 0 Å². The van der Waals surface area contributed by atoms with Gasteiger partial charge in [-0.2, -0.15) is 0 Å². The number of benzene rings is 2. The number of rotatable bonds is 2. The molecule has 0 saturated heterocycles. The van der Waals surface area contributed by atoms with E-state index < -0.39 is 11.6 Å². The first-order valence-electron chi connectivity index (χ1n) is 7.26. The third kappa shape index (κ3) is 2.37. The van der Waals surface area contributed by atoms with Crippen LogP contribution in [-0.2, 0) is 10.2 Å². The zero-order valence-corrected chi connectivity index (χ0v) is 12.6. The molecule has 2 aromatic rings. The van der Waals surface area contributed by atoms with Gasteiger partial charge in [-0.1, -0.05) is 42.5 Å². The Balaban J connectivity index is 1.92. The second kappa shape index (κ2) is 5.30. The maximum atomic E-state index is 12.3. The molecule has 112 valence electrons. The van der Waals surface area contributed by atoms with Crippen LogP contribution < -0.4 is 10.6 Å². The van der Waals surface area contributed by atoms with Crippen LogP contribution in [0.15, 0.2) is 54.6 Å². The van der Waals surface area contributed by atoms with E-state index in [9.17, 15) is 9.59 Å². The molecule has 1 heterocycles. The fourth-order valence-corrected chi connectivity index (χ4v) is 2.75. The molecule has 4 heteroatoms. The first kappa shape index (κ1) is 14.3. The van der Waals surface area contributed by atoms with Gasteiger partial charge in [0.05, 0.1) is 5.41 Å². The van der Waals surface area contributed by atoms with E-state index in [1.54, 1.807) is 12.1 Å². The largest absolute Gasteiger partial charge is 0.331 e. The number of nitrogens with one attached hydrogen (secondary N) is 2. The molecule has 0 spiro atoms. The molecule has 0 aliphatic carbocycles. The summed E-state index contributed by atoms with van der Waals surface area (Å²) < 4.78 is 0. The minimum absolute atomic E-state index is 0.0930. The maximum Gasteiger partial charge on any atom is 0.253 e. The quantitative estimate of drug-likeness (QED) is 0.894. The summed E-state index contributed by atoms with van der Waals surface area (Å²) in [5.41, 5.74) is 1.83. The first-order chi connectivity index (χ1) is 10.5. The third-order valence-electron chi connectivity index (χ3n) is 4.10. The Hall–Kier alpha value is -2.62. The van der Waals surface area contributed by atoms with Crippen molar-refractivity contribution in [1.29, 1.82) is 0 Å².